The van der Waals surface area contributed by atoms with E-state index < -0.39 is 76.6 Å². The molecule has 0 atom stereocenters. The van der Waals surface area contributed by atoms with Gasteiger partial charge in [-0.1, -0.05) is 12.1 Å². The molecule has 33 heavy (non-hydrogen) atoms. The van der Waals surface area contributed by atoms with Crippen molar-refractivity contribution in [3.8, 4) is 0 Å². The molecule has 17 heteroatoms. The summed E-state index contributed by atoms with van der Waals surface area (Å²) in [5.41, 5.74) is -7.16. The van der Waals surface area contributed by atoms with Crippen molar-refractivity contribution in [2.24, 2.45) is 0 Å². The molecule has 2 rings (SSSR count). The van der Waals surface area contributed by atoms with Crippen LogP contribution in [-0.4, -0.2) is 37.9 Å². The largest absolute Gasteiger partial charge is 0.417 e. The zero-order valence-electron chi connectivity index (χ0n) is 15.3. The molecule has 0 spiro atoms. The SMILES string of the molecule is O=C(OC(=O)c1cccc(C(F)(F)F)c1S(=O)(=O)O)c1cccc(C(F)(F)F)c1S(=O)(=O)O. The first kappa shape index (κ1) is 26.2. The maximum absolute atomic E-state index is 13.1. The van der Waals surface area contributed by atoms with Crippen LogP contribution in [0.4, 0.5) is 26.3 Å². The van der Waals surface area contributed by atoms with Crippen LogP contribution < -0.4 is 0 Å². The Kier molecular flexibility index (Phi) is 6.68. The molecule has 0 saturated heterocycles. The maximum atomic E-state index is 13.1. The molecule has 0 aliphatic heterocycles. The normalized spacial score (nSPS) is 13.0. The molecular weight excluding hydrogens is 514 g/mol. The lowest BCUT2D eigenvalue weighted by Gasteiger charge is -2.15. The number of ether oxygens (including phenoxy) is 1. The summed E-state index contributed by atoms with van der Waals surface area (Å²) < 4.78 is 147. The van der Waals surface area contributed by atoms with Crippen molar-refractivity contribution in [3.63, 3.8) is 0 Å². The molecule has 0 amide bonds. The van der Waals surface area contributed by atoms with Gasteiger partial charge in [0.15, 0.2) is 0 Å². The van der Waals surface area contributed by atoms with E-state index in [0.29, 0.717) is 24.3 Å². The van der Waals surface area contributed by atoms with Crippen LogP contribution >= 0.6 is 0 Å². The maximum Gasteiger partial charge on any atom is 0.417 e. The number of hydrogen-bond acceptors (Lipinski definition) is 7. The summed E-state index contributed by atoms with van der Waals surface area (Å²) in [7, 11) is -11.5. The van der Waals surface area contributed by atoms with Crippen LogP contribution in [0.5, 0.6) is 0 Å². The van der Waals surface area contributed by atoms with E-state index in [1.807, 2.05) is 0 Å². The molecule has 0 radical (unpaired) electrons. The molecule has 2 aromatic rings. The van der Waals surface area contributed by atoms with Gasteiger partial charge in [0.2, 0.25) is 0 Å². The first-order valence-electron chi connectivity index (χ1n) is 7.88. The predicted octanol–water partition coefficient (Wildman–Crippen LogP) is 3.21. The molecule has 0 aliphatic carbocycles. The van der Waals surface area contributed by atoms with E-state index in [2.05, 4.69) is 4.74 Å². The van der Waals surface area contributed by atoms with Gasteiger partial charge in [0.25, 0.3) is 20.2 Å². The number of rotatable bonds is 4. The van der Waals surface area contributed by atoms with Gasteiger partial charge < -0.3 is 4.74 Å². The van der Waals surface area contributed by atoms with Crippen LogP contribution in [0.2, 0.25) is 0 Å². The highest BCUT2D eigenvalue weighted by molar-refractivity contribution is 7.86. The summed E-state index contributed by atoms with van der Waals surface area (Å²) in [6.07, 6.45) is -10.9. The third-order valence-electron chi connectivity index (χ3n) is 3.78. The highest BCUT2D eigenvalue weighted by Crippen LogP contribution is 2.37. The molecule has 0 heterocycles. The van der Waals surface area contributed by atoms with Gasteiger partial charge in [-0.15, -0.1) is 0 Å². The average molecular weight is 522 g/mol. The topological polar surface area (TPSA) is 152 Å². The molecule has 0 aliphatic rings. The summed E-state index contributed by atoms with van der Waals surface area (Å²) in [6, 6.07) is 2.06. The first-order valence-corrected chi connectivity index (χ1v) is 10.8. The molecule has 0 aromatic heterocycles. The van der Waals surface area contributed by atoms with Crippen LogP contribution in [0, 0.1) is 0 Å². The van der Waals surface area contributed by atoms with E-state index in [9.17, 15) is 52.8 Å². The average Bonchev–Trinajstić information content (AvgIpc) is 2.63. The number of alkyl halides is 6. The lowest BCUT2D eigenvalue weighted by molar-refractivity contribution is -0.140. The molecule has 0 bridgehead atoms. The quantitative estimate of drug-likeness (QED) is 0.267. The summed E-state index contributed by atoms with van der Waals surface area (Å²) in [5.74, 6) is -4.39. The van der Waals surface area contributed by atoms with E-state index in [4.69, 9.17) is 9.11 Å². The fourth-order valence-corrected chi connectivity index (χ4v) is 4.37. The smallest absolute Gasteiger partial charge is 0.386 e. The van der Waals surface area contributed by atoms with Crippen molar-refractivity contribution in [2.75, 3.05) is 0 Å². The molecule has 180 valence electrons. The molecule has 2 N–H and O–H groups in total. The zero-order chi connectivity index (χ0) is 25.6. The van der Waals surface area contributed by atoms with Crippen molar-refractivity contribution in [1.29, 1.82) is 0 Å². The molecule has 2 aromatic carbocycles. The highest BCUT2D eigenvalue weighted by atomic mass is 32.2. The van der Waals surface area contributed by atoms with Crippen LogP contribution in [0.15, 0.2) is 46.2 Å². The second-order valence-electron chi connectivity index (χ2n) is 5.99. The summed E-state index contributed by atoms with van der Waals surface area (Å²) in [4.78, 5) is 20.4. The zero-order valence-corrected chi connectivity index (χ0v) is 16.9. The molecular formula is C16H8F6O9S2. The number of benzene rings is 2. The highest BCUT2D eigenvalue weighted by Gasteiger charge is 2.42. The van der Waals surface area contributed by atoms with Gasteiger partial charge in [0, 0.05) is 0 Å². The molecule has 0 saturated carbocycles. The minimum Gasteiger partial charge on any atom is -0.386 e. The Balaban J connectivity index is 2.65. The monoisotopic (exact) mass is 522 g/mol. The summed E-state index contributed by atoms with van der Waals surface area (Å²) in [6.45, 7) is 0. The van der Waals surface area contributed by atoms with Gasteiger partial charge in [-0.25, -0.2) is 9.59 Å². The number of carbonyl (C=O) groups is 2. The Morgan fingerprint density at radius 3 is 1.21 bits per heavy atom. The Morgan fingerprint density at radius 2 is 0.970 bits per heavy atom. The van der Waals surface area contributed by atoms with Crippen molar-refractivity contribution >= 4 is 32.2 Å². The number of halogens is 6. The standard InChI is InChI=1S/C16H8F6O9S2/c17-15(18,19)9-5-1-3-7(11(9)32(25,26)27)13(23)31-14(24)8-4-2-6-10(16(20,21)22)12(8)33(28,29)30/h1-6H,(H,25,26,27)(H,28,29,30). The third kappa shape index (κ3) is 5.67. The number of carbonyl (C=O) groups excluding carboxylic acids is 2. The minimum absolute atomic E-state index is 0.158. The van der Waals surface area contributed by atoms with E-state index >= 15 is 0 Å². The predicted molar refractivity (Wildman–Crippen MR) is 92.3 cm³/mol. The van der Waals surface area contributed by atoms with Crippen molar-refractivity contribution < 1.29 is 66.6 Å². The first-order chi connectivity index (χ1) is 14.8. The van der Waals surface area contributed by atoms with Crippen LogP contribution in [0.25, 0.3) is 0 Å². The van der Waals surface area contributed by atoms with Crippen LogP contribution in [-0.2, 0) is 37.3 Å². The van der Waals surface area contributed by atoms with Crippen LogP contribution in [0.3, 0.4) is 0 Å². The Hall–Kier alpha value is -3.02. The molecule has 0 unspecified atom stereocenters. The summed E-state index contributed by atoms with van der Waals surface area (Å²) in [5, 5.41) is 0. The van der Waals surface area contributed by atoms with Gasteiger partial charge in [-0.2, -0.15) is 43.2 Å². The van der Waals surface area contributed by atoms with E-state index in [1.165, 1.54) is 0 Å². The van der Waals surface area contributed by atoms with Crippen molar-refractivity contribution in [1.82, 2.24) is 0 Å². The fourth-order valence-electron chi connectivity index (χ4n) is 2.59. The lowest BCUT2D eigenvalue weighted by atomic mass is 10.1. The third-order valence-corrected chi connectivity index (χ3v) is 5.69. The Morgan fingerprint density at radius 1 is 0.667 bits per heavy atom. The van der Waals surface area contributed by atoms with E-state index in [0.717, 1.165) is 0 Å². The van der Waals surface area contributed by atoms with Gasteiger partial charge in [-0.05, 0) is 24.3 Å². The van der Waals surface area contributed by atoms with Crippen LogP contribution in [0.1, 0.15) is 31.8 Å². The number of esters is 2. The molecule has 0 fully saturated rings. The molecule has 9 nitrogen and oxygen atoms in total. The minimum atomic E-state index is -5.77. The number of hydrogen-bond donors (Lipinski definition) is 2. The lowest BCUT2D eigenvalue weighted by Crippen LogP contribution is -2.22. The van der Waals surface area contributed by atoms with Crippen molar-refractivity contribution in [3.05, 3.63) is 58.7 Å². The Bertz CT molecular complexity index is 1240. The van der Waals surface area contributed by atoms with Gasteiger partial charge in [-0.3, -0.25) is 9.11 Å². The second kappa shape index (κ2) is 8.40. The Labute approximate surface area is 180 Å². The van der Waals surface area contributed by atoms with E-state index in [1.54, 1.807) is 0 Å². The fraction of sp³-hybridized carbons (Fsp3) is 0.125. The second-order valence-corrected chi connectivity index (χ2v) is 8.70. The summed E-state index contributed by atoms with van der Waals surface area (Å²) >= 11 is 0. The van der Waals surface area contributed by atoms with Crippen molar-refractivity contribution in [2.45, 2.75) is 22.1 Å². The van der Waals surface area contributed by atoms with Gasteiger partial charge in [0.1, 0.15) is 9.79 Å². The van der Waals surface area contributed by atoms with Gasteiger partial charge >= 0.3 is 24.3 Å². The van der Waals surface area contributed by atoms with E-state index in [-0.39, 0.29) is 12.1 Å². The van der Waals surface area contributed by atoms with Gasteiger partial charge in [0.05, 0.1) is 22.3 Å².